The van der Waals surface area contributed by atoms with Crippen LogP contribution in [0, 0.1) is 12.3 Å². The third-order valence-electron chi connectivity index (χ3n) is 5.24. The van der Waals surface area contributed by atoms with Crippen LogP contribution in [-0.2, 0) is 66.3 Å². The quantitative estimate of drug-likeness (QED) is 0.0507. The highest BCUT2D eigenvalue weighted by molar-refractivity contribution is 9.09. The van der Waals surface area contributed by atoms with Gasteiger partial charge >= 0.3 is 0 Å². The van der Waals surface area contributed by atoms with Crippen molar-refractivity contribution in [2.75, 3.05) is 190 Å². The lowest BCUT2D eigenvalue weighted by atomic mass is 10.6. The smallest absolute Gasteiger partial charge is 0.107 e. The lowest BCUT2D eigenvalue weighted by molar-refractivity contribution is -0.0293. The van der Waals surface area contributed by atoms with E-state index < -0.39 is 0 Å². The predicted molar refractivity (Wildman–Crippen MR) is 174 cm³/mol. The van der Waals surface area contributed by atoms with E-state index in [-0.39, 0.29) is 0 Å². The molecule has 46 heavy (non-hydrogen) atoms. The van der Waals surface area contributed by atoms with E-state index >= 15 is 0 Å². The summed E-state index contributed by atoms with van der Waals surface area (Å²) in [7, 11) is 0. The summed E-state index contributed by atoms with van der Waals surface area (Å²) in [6.07, 6.45) is 5.08. The Morgan fingerprint density at radius 1 is 0.261 bits per heavy atom. The number of alkyl halides is 1. The van der Waals surface area contributed by atoms with Gasteiger partial charge in [-0.2, -0.15) is 0 Å². The lowest BCUT2D eigenvalue weighted by Gasteiger charge is -2.09. The first-order valence-electron chi connectivity index (χ1n) is 16.0. The maximum atomic E-state index is 5.48. The Kier molecular flexibility index (Phi) is 44.0. The molecule has 0 aromatic heterocycles. The van der Waals surface area contributed by atoms with Crippen molar-refractivity contribution in [3.63, 3.8) is 0 Å². The van der Waals surface area contributed by atoms with Crippen LogP contribution in [0.4, 0.5) is 0 Å². The van der Waals surface area contributed by atoms with Gasteiger partial charge in [-0.1, -0.05) is 21.9 Å². The first-order valence-corrected chi connectivity index (χ1v) is 17.1. The van der Waals surface area contributed by atoms with Crippen molar-refractivity contribution < 1.29 is 66.3 Å². The molecule has 0 aliphatic heterocycles. The van der Waals surface area contributed by atoms with E-state index in [1.807, 2.05) is 0 Å². The molecule has 0 aliphatic carbocycles. The fourth-order valence-electron chi connectivity index (χ4n) is 3.04. The minimum Gasteiger partial charge on any atom is -0.378 e. The van der Waals surface area contributed by atoms with Crippen LogP contribution in [0.25, 0.3) is 0 Å². The molecule has 0 rings (SSSR count). The second-order valence-electron chi connectivity index (χ2n) is 8.91. The summed E-state index contributed by atoms with van der Waals surface area (Å²) in [6, 6.07) is 0. The van der Waals surface area contributed by atoms with Crippen LogP contribution in [0.15, 0.2) is 0 Å². The van der Waals surface area contributed by atoms with Gasteiger partial charge in [0.2, 0.25) is 0 Å². The Morgan fingerprint density at radius 3 is 0.565 bits per heavy atom. The molecular weight excluding hydrogens is 676 g/mol. The molecule has 0 radical (unpaired) electrons. The second-order valence-corrected chi connectivity index (χ2v) is 9.70. The maximum Gasteiger partial charge on any atom is 0.107 e. The molecule has 0 unspecified atom stereocenters. The highest BCUT2D eigenvalue weighted by Crippen LogP contribution is 1.88. The summed E-state index contributed by atoms with van der Waals surface area (Å²) in [5, 5.41) is 0.836. The normalized spacial score (nSPS) is 11.4. The van der Waals surface area contributed by atoms with Crippen molar-refractivity contribution in [3.8, 4) is 12.3 Å². The molecule has 0 spiro atoms. The highest BCUT2D eigenvalue weighted by atomic mass is 79.9. The molecule has 0 saturated carbocycles. The van der Waals surface area contributed by atoms with E-state index in [1.165, 1.54) is 0 Å². The predicted octanol–water partition coefficient (Wildman–Crippen LogP) is 1.25. The minimum atomic E-state index is 0.306. The maximum absolute atomic E-state index is 5.48. The number of hydrogen-bond donors (Lipinski definition) is 0. The second kappa shape index (κ2) is 44.5. The summed E-state index contributed by atoms with van der Waals surface area (Å²) in [4.78, 5) is 0. The van der Waals surface area contributed by atoms with Gasteiger partial charge < -0.3 is 66.3 Å². The van der Waals surface area contributed by atoms with Gasteiger partial charge in [-0.3, -0.25) is 0 Å². The molecule has 0 aromatic carbocycles. The molecule has 0 saturated heterocycles. The Balaban J connectivity index is 3.03. The average Bonchev–Trinajstić information content (AvgIpc) is 3.07. The molecule has 0 N–H and O–H groups in total. The lowest BCUT2D eigenvalue weighted by Crippen LogP contribution is -2.15. The van der Waals surface area contributed by atoms with E-state index in [2.05, 4.69) is 21.9 Å². The fraction of sp³-hybridized carbons (Fsp3) is 0.935. The molecule has 0 fully saturated rings. The Morgan fingerprint density at radius 2 is 0.413 bits per heavy atom. The van der Waals surface area contributed by atoms with Crippen LogP contribution in [0.2, 0.25) is 0 Å². The van der Waals surface area contributed by atoms with Crippen LogP contribution in [0.3, 0.4) is 0 Å². The average molecular weight is 736 g/mol. The van der Waals surface area contributed by atoms with Crippen molar-refractivity contribution in [1.29, 1.82) is 0 Å². The van der Waals surface area contributed by atoms with Gasteiger partial charge in [0.25, 0.3) is 0 Å². The van der Waals surface area contributed by atoms with Crippen molar-refractivity contribution in [2.24, 2.45) is 0 Å². The number of hydrogen-bond acceptors (Lipinski definition) is 14. The molecule has 0 amide bonds. The molecule has 14 nitrogen and oxygen atoms in total. The summed E-state index contributed by atoms with van der Waals surface area (Å²) in [5.41, 5.74) is 0. The summed E-state index contributed by atoms with van der Waals surface area (Å²) < 4.78 is 75.7. The van der Waals surface area contributed by atoms with Crippen LogP contribution in [-0.4, -0.2) is 190 Å². The van der Waals surface area contributed by atoms with Crippen molar-refractivity contribution >= 4 is 15.9 Å². The fourth-order valence-corrected chi connectivity index (χ4v) is 3.27. The molecule has 0 atom stereocenters. The summed E-state index contributed by atoms with van der Waals surface area (Å²) >= 11 is 3.30. The van der Waals surface area contributed by atoms with Crippen molar-refractivity contribution in [3.05, 3.63) is 0 Å². The van der Waals surface area contributed by atoms with E-state index in [0.717, 1.165) is 5.33 Å². The molecular formula is C31H59BrO14. The zero-order valence-electron chi connectivity index (χ0n) is 27.7. The third kappa shape index (κ3) is 43.5. The molecule has 274 valence electrons. The first kappa shape index (κ1) is 45.5. The molecule has 0 aliphatic rings. The molecule has 0 aromatic rings. The number of terminal acetylenes is 1. The number of halogens is 1. The van der Waals surface area contributed by atoms with Gasteiger partial charge in [0.05, 0.1) is 178 Å². The van der Waals surface area contributed by atoms with Crippen LogP contribution in [0.1, 0.15) is 0 Å². The van der Waals surface area contributed by atoms with Crippen LogP contribution >= 0.6 is 15.9 Å². The minimum absolute atomic E-state index is 0.306. The van der Waals surface area contributed by atoms with Gasteiger partial charge in [0.15, 0.2) is 0 Å². The first-order chi connectivity index (χ1) is 22.9. The molecule has 0 heterocycles. The molecule has 0 bridgehead atoms. The van der Waals surface area contributed by atoms with Crippen LogP contribution < -0.4 is 0 Å². The van der Waals surface area contributed by atoms with Crippen LogP contribution in [0.5, 0.6) is 0 Å². The van der Waals surface area contributed by atoms with Gasteiger partial charge in [-0.05, 0) is 0 Å². The van der Waals surface area contributed by atoms with Crippen molar-refractivity contribution in [2.45, 2.75) is 0 Å². The Hall–Kier alpha value is -0.520. The van der Waals surface area contributed by atoms with E-state index in [0.29, 0.717) is 185 Å². The van der Waals surface area contributed by atoms with Gasteiger partial charge in [-0.15, -0.1) is 6.42 Å². The SMILES string of the molecule is C#CCOCCOCCOCCOCCOCCOCCOCCOCCOCCOCCOCCOCCOCCOCCBr. The number of rotatable bonds is 42. The van der Waals surface area contributed by atoms with E-state index in [1.54, 1.807) is 0 Å². The monoisotopic (exact) mass is 734 g/mol. The molecule has 15 heteroatoms. The van der Waals surface area contributed by atoms with E-state index in [9.17, 15) is 0 Å². The van der Waals surface area contributed by atoms with Gasteiger partial charge in [0, 0.05) is 5.33 Å². The zero-order chi connectivity index (χ0) is 33.1. The summed E-state index contributed by atoms with van der Waals surface area (Å²) in [6.45, 7) is 14.5. The van der Waals surface area contributed by atoms with Gasteiger partial charge in [0.1, 0.15) is 6.61 Å². The van der Waals surface area contributed by atoms with Crippen molar-refractivity contribution in [1.82, 2.24) is 0 Å². The summed E-state index contributed by atoms with van der Waals surface area (Å²) in [5.74, 6) is 2.40. The number of ether oxygens (including phenoxy) is 14. The highest BCUT2D eigenvalue weighted by Gasteiger charge is 1.97. The largest absolute Gasteiger partial charge is 0.378 e. The Bertz CT molecular complexity index is 588. The van der Waals surface area contributed by atoms with Gasteiger partial charge in [-0.25, -0.2) is 0 Å². The topological polar surface area (TPSA) is 129 Å². The standard InChI is InChI=1S/C31H59BrO14/c1-2-4-33-6-8-35-10-12-37-14-16-39-18-20-41-22-24-43-26-28-45-30-31-46-29-27-44-25-23-42-21-19-40-17-15-38-13-11-36-9-7-34-5-3-32/h1H,3-31H2. The van der Waals surface area contributed by atoms with E-state index in [4.69, 9.17) is 72.7 Å². The third-order valence-corrected chi connectivity index (χ3v) is 5.57. The Labute approximate surface area is 284 Å². The zero-order valence-corrected chi connectivity index (χ0v) is 29.3.